The normalized spacial score (nSPS) is 10.3. The Hall–Kier alpha value is -1.84. The molecule has 0 bridgehead atoms. The van der Waals surface area contributed by atoms with Crippen molar-refractivity contribution in [2.75, 3.05) is 13.2 Å². The second-order valence-corrected chi connectivity index (χ2v) is 7.43. The zero-order valence-corrected chi connectivity index (χ0v) is 19.2. The molecule has 1 aromatic heterocycles. The van der Waals surface area contributed by atoms with Crippen molar-refractivity contribution in [3.8, 4) is 11.5 Å². The SMILES string of the molecule is CCCCCCOc1ccc(C(=O)Cc2ccc(OCCCCCC)cn2)cc1.[Cu+2]. The zero-order chi connectivity index (χ0) is 20.7. The molecule has 2 rings (SSSR count). The summed E-state index contributed by atoms with van der Waals surface area (Å²) in [6.07, 6.45) is 11.4. The van der Waals surface area contributed by atoms with E-state index < -0.39 is 0 Å². The van der Waals surface area contributed by atoms with E-state index in [0.29, 0.717) is 12.2 Å². The first-order valence-electron chi connectivity index (χ1n) is 11.1. The summed E-state index contributed by atoms with van der Waals surface area (Å²) >= 11 is 0. The van der Waals surface area contributed by atoms with Crippen molar-refractivity contribution >= 4 is 5.78 Å². The number of carbonyl (C=O) groups excluding carboxylic acids is 1. The molecule has 4 nitrogen and oxygen atoms in total. The van der Waals surface area contributed by atoms with Crippen LogP contribution in [0.25, 0.3) is 0 Å². The van der Waals surface area contributed by atoms with Gasteiger partial charge in [-0.05, 0) is 49.2 Å². The van der Waals surface area contributed by atoms with Crippen LogP contribution < -0.4 is 9.47 Å². The van der Waals surface area contributed by atoms with Crippen LogP contribution in [0, 0.1) is 0 Å². The molecule has 0 saturated heterocycles. The number of pyridine rings is 1. The predicted molar refractivity (Wildman–Crippen MR) is 118 cm³/mol. The van der Waals surface area contributed by atoms with Gasteiger partial charge in [0.25, 0.3) is 0 Å². The molecule has 0 unspecified atom stereocenters. The van der Waals surface area contributed by atoms with Gasteiger partial charge in [-0.1, -0.05) is 52.4 Å². The van der Waals surface area contributed by atoms with Crippen LogP contribution >= 0.6 is 0 Å². The fourth-order valence-electron chi connectivity index (χ4n) is 3.04. The van der Waals surface area contributed by atoms with Crippen LogP contribution in [0.5, 0.6) is 11.5 Å². The van der Waals surface area contributed by atoms with E-state index in [9.17, 15) is 4.79 Å². The van der Waals surface area contributed by atoms with Crippen molar-refractivity contribution in [3.05, 3.63) is 53.9 Å². The summed E-state index contributed by atoms with van der Waals surface area (Å²) in [5.74, 6) is 1.63. The molecule has 0 saturated carbocycles. The van der Waals surface area contributed by atoms with Crippen LogP contribution in [0.4, 0.5) is 0 Å². The molecule has 5 heteroatoms. The van der Waals surface area contributed by atoms with Crippen molar-refractivity contribution in [3.63, 3.8) is 0 Å². The Balaban J connectivity index is 0.00000450. The molecule has 0 aliphatic carbocycles. The van der Waals surface area contributed by atoms with Crippen LogP contribution in [0.1, 0.15) is 81.3 Å². The molecule has 1 radical (unpaired) electrons. The topological polar surface area (TPSA) is 48.4 Å². The van der Waals surface area contributed by atoms with Gasteiger partial charge in [0.2, 0.25) is 0 Å². The van der Waals surface area contributed by atoms with Crippen molar-refractivity contribution in [2.45, 2.75) is 71.6 Å². The van der Waals surface area contributed by atoms with Gasteiger partial charge in [-0.15, -0.1) is 0 Å². The molecule has 0 spiro atoms. The maximum Gasteiger partial charge on any atom is 2.00 e. The Bertz CT molecular complexity index is 701. The Morgan fingerprint density at radius 1 is 0.767 bits per heavy atom. The van der Waals surface area contributed by atoms with Crippen molar-refractivity contribution < 1.29 is 31.3 Å². The number of Topliss-reactive ketones (excluding diaryl/α,β-unsaturated/α-hetero) is 1. The number of unbranched alkanes of at least 4 members (excludes halogenated alkanes) is 6. The number of ketones is 1. The molecule has 0 fully saturated rings. The summed E-state index contributed by atoms with van der Waals surface area (Å²) in [5.41, 5.74) is 1.44. The number of ether oxygens (including phenoxy) is 2. The first-order valence-corrected chi connectivity index (χ1v) is 11.1. The number of carbonyl (C=O) groups is 1. The standard InChI is InChI=1S/C25H35NO3.Cu/c1-3-5-7-9-17-28-23-14-11-21(12-15-23)25(27)19-22-13-16-24(20-26-22)29-18-10-8-6-4-2;/h11-16,20H,3-10,17-19H2,1-2H3;/q;+2. The van der Waals surface area contributed by atoms with Gasteiger partial charge >= 0.3 is 17.1 Å². The second-order valence-electron chi connectivity index (χ2n) is 7.43. The molecular weight excluding hydrogens is 426 g/mol. The van der Waals surface area contributed by atoms with E-state index in [1.165, 1.54) is 38.5 Å². The summed E-state index contributed by atoms with van der Waals surface area (Å²) < 4.78 is 11.4. The van der Waals surface area contributed by atoms with E-state index in [1.807, 2.05) is 36.4 Å². The number of rotatable bonds is 15. The van der Waals surface area contributed by atoms with Crippen molar-refractivity contribution in [1.29, 1.82) is 0 Å². The first kappa shape index (κ1) is 26.2. The van der Waals surface area contributed by atoms with Crippen LogP contribution in [0.3, 0.4) is 0 Å². The van der Waals surface area contributed by atoms with Gasteiger partial charge in [-0.25, -0.2) is 0 Å². The molecule has 0 atom stereocenters. The van der Waals surface area contributed by atoms with Crippen LogP contribution in [-0.4, -0.2) is 24.0 Å². The molecule has 1 heterocycles. The molecular formula is C25H35CuNO3+2. The largest absolute Gasteiger partial charge is 2.00 e. The third-order valence-corrected chi connectivity index (χ3v) is 4.85. The summed E-state index contributed by atoms with van der Waals surface area (Å²) in [4.78, 5) is 16.9. The third kappa shape index (κ3) is 10.3. The Kier molecular flexibility index (Phi) is 13.9. The quantitative estimate of drug-likeness (QED) is 0.175. The van der Waals surface area contributed by atoms with E-state index in [4.69, 9.17) is 9.47 Å². The van der Waals surface area contributed by atoms with Gasteiger partial charge in [-0.3, -0.25) is 9.78 Å². The van der Waals surface area contributed by atoms with Gasteiger partial charge in [0.15, 0.2) is 5.78 Å². The van der Waals surface area contributed by atoms with Crippen molar-refractivity contribution in [2.24, 2.45) is 0 Å². The molecule has 0 aliphatic rings. The number of hydrogen-bond donors (Lipinski definition) is 0. The minimum absolute atomic E-state index is 0. The fourth-order valence-corrected chi connectivity index (χ4v) is 3.04. The maximum absolute atomic E-state index is 12.5. The maximum atomic E-state index is 12.5. The average molecular weight is 461 g/mol. The second kappa shape index (κ2) is 15.9. The first-order chi connectivity index (χ1) is 14.2. The van der Waals surface area contributed by atoms with Gasteiger partial charge < -0.3 is 9.47 Å². The van der Waals surface area contributed by atoms with Gasteiger partial charge in [-0.2, -0.15) is 0 Å². The number of hydrogen-bond acceptors (Lipinski definition) is 4. The molecule has 2 aromatic rings. The molecule has 30 heavy (non-hydrogen) atoms. The molecule has 167 valence electrons. The molecule has 0 N–H and O–H groups in total. The van der Waals surface area contributed by atoms with Gasteiger partial charge in [0.1, 0.15) is 11.5 Å². The number of aromatic nitrogens is 1. The van der Waals surface area contributed by atoms with Gasteiger partial charge in [0.05, 0.1) is 25.8 Å². The average Bonchev–Trinajstić information content (AvgIpc) is 2.75. The van der Waals surface area contributed by atoms with Crippen LogP contribution in [0.2, 0.25) is 0 Å². The van der Waals surface area contributed by atoms with E-state index in [-0.39, 0.29) is 29.3 Å². The summed E-state index contributed by atoms with van der Waals surface area (Å²) in [7, 11) is 0. The minimum atomic E-state index is 0. The molecule has 0 aliphatic heterocycles. The minimum Gasteiger partial charge on any atom is -0.494 e. The summed E-state index contributed by atoms with van der Waals surface area (Å²) in [6.45, 7) is 5.84. The van der Waals surface area contributed by atoms with E-state index in [1.54, 1.807) is 6.20 Å². The third-order valence-electron chi connectivity index (χ3n) is 4.85. The summed E-state index contributed by atoms with van der Waals surface area (Å²) in [5, 5.41) is 0. The van der Waals surface area contributed by atoms with Crippen LogP contribution in [0.15, 0.2) is 42.6 Å². The van der Waals surface area contributed by atoms with E-state index in [0.717, 1.165) is 36.6 Å². The Labute approximate surface area is 192 Å². The smallest absolute Gasteiger partial charge is 0.494 e. The number of nitrogens with zero attached hydrogens (tertiary/aromatic N) is 1. The zero-order valence-electron chi connectivity index (χ0n) is 18.3. The fraction of sp³-hybridized carbons (Fsp3) is 0.520. The number of benzene rings is 1. The summed E-state index contributed by atoms with van der Waals surface area (Å²) in [6, 6.07) is 11.2. The predicted octanol–water partition coefficient (Wildman–Crippen LogP) is 6.42. The van der Waals surface area contributed by atoms with Crippen molar-refractivity contribution in [1.82, 2.24) is 4.98 Å². The molecule has 1 aromatic carbocycles. The van der Waals surface area contributed by atoms with Gasteiger partial charge in [0, 0.05) is 11.3 Å². The Morgan fingerprint density at radius 3 is 1.87 bits per heavy atom. The monoisotopic (exact) mass is 460 g/mol. The van der Waals surface area contributed by atoms with E-state index >= 15 is 0 Å². The van der Waals surface area contributed by atoms with Crippen LogP contribution in [-0.2, 0) is 23.5 Å². The van der Waals surface area contributed by atoms with E-state index in [2.05, 4.69) is 18.8 Å². The Morgan fingerprint density at radius 2 is 1.33 bits per heavy atom. The molecule has 0 amide bonds.